The van der Waals surface area contributed by atoms with Gasteiger partial charge in [-0.2, -0.15) is 0 Å². The molecule has 1 aromatic rings. The van der Waals surface area contributed by atoms with Gasteiger partial charge in [0.05, 0.1) is 10.0 Å². The molecule has 10 heteroatoms. The number of β-lactam (4-membered cyclic amide) rings is 1. The van der Waals surface area contributed by atoms with Gasteiger partial charge in [0.15, 0.2) is 6.10 Å². The van der Waals surface area contributed by atoms with Crippen molar-refractivity contribution in [3.8, 4) is 0 Å². The Morgan fingerprint density at radius 2 is 2.03 bits per heavy atom. The van der Waals surface area contributed by atoms with Crippen molar-refractivity contribution >= 4 is 52.7 Å². The zero-order chi connectivity index (χ0) is 21.3. The third-order valence-electron chi connectivity index (χ3n) is 4.66. The van der Waals surface area contributed by atoms with Crippen LogP contribution in [0, 0.1) is 0 Å². The Morgan fingerprint density at radius 3 is 2.66 bits per heavy atom. The highest BCUT2D eigenvalue weighted by Crippen LogP contribution is 2.42. The largest absolute Gasteiger partial charge is 0.461 e. The number of likely N-dealkylation sites (N-methyl/N-ethyl adjacent to an activating group) is 1. The van der Waals surface area contributed by atoms with Crippen LogP contribution in [0.15, 0.2) is 29.5 Å². The Kier molecular flexibility index (Phi) is 6.78. The van der Waals surface area contributed by atoms with Crippen LogP contribution in [0.2, 0.25) is 10.0 Å². The molecule has 7 nitrogen and oxygen atoms in total. The van der Waals surface area contributed by atoms with Crippen LogP contribution >= 0.6 is 35.0 Å². The minimum absolute atomic E-state index is 0.0435. The number of ether oxygens (including phenoxy) is 2. The van der Waals surface area contributed by atoms with E-state index in [1.165, 1.54) is 35.6 Å². The quantitative estimate of drug-likeness (QED) is 0.481. The summed E-state index contributed by atoms with van der Waals surface area (Å²) in [5.74, 6) is -0.614. The lowest BCUT2D eigenvalue weighted by Crippen LogP contribution is -2.66. The van der Waals surface area contributed by atoms with Crippen molar-refractivity contribution in [3.05, 3.63) is 45.1 Å². The summed E-state index contributed by atoms with van der Waals surface area (Å²) in [6.07, 6.45) is -0.585. The average Bonchev–Trinajstić information content (AvgIpc) is 2.68. The second-order valence-corrected chi connectivity index (χ2v) is 8.63. The summed E-state index contributed by atoms with van der Waals surface area (Å²) < 4.78 is 10.3. The molecule has 2 aliphatic rings. The normalized spacial score (nSPS) is 20.9. The smallest absolute Gasteiger partial charge is 0.302 e. The number of rotatable bonds is 6. The van der Waals surface area contributed by atoms with E-state index in [4.69, 9.17) is 32.7 Å². The van der Waals surface area contributed by atoms with E-state index in [0.29, 0.717) is 21.4 Å². The van der Waals surface area contributed by atoms with E-state index in [1.54, 1.807) is 25.2 Å². The summed E-state index contributed by atoms with van der Waals surface area (Å²) in [5, 5.41) is 0.556. The molecule has 0 unspecified atom stereocenters. The summed E-state index contributed by atoms with van der Waals surface area (Å²) in [7, 11) is 3.10. The van der Waals surface area contributed by atoms with Crippen LogP contribution in [0.1, 0.15) is 12.5 Å². The van der Waals surface area contributed by atoms with Crippen molar-refractivity contribution in [1.29, 1.82) is 0 Å². The van der Waals surface area contributed by atoms with Crippen LogP contribution in [-0.4, -0.2) is 65.6 Å². The molecule has 0 saturated carbocycles. The van der Waals surface area contributed by atoms with Gasteiger partial charge in [-0.1, -0.05) is 29.3 Å². The molecular weight excluding hydrogens is 439 g/mol. The molecule has 2 amide bonds. The van der Waals surface area contributed by atoms with Crippen LogP contribution in [-0.2, 0) is 30.4 Å². The third kappa shape index (κ3) is 4.40. The van der Waals surface area contributed by atoms with Crippen molar-refractivity contribution in [2.24, 2.45) is 0 Å². The molecule has 2 aliphatic heterocycles. The fraction of sp³-hybridized carbons (Fsp3) is 0.421. The summed E-state index contributed by atoms with van der Waals surface area (Å²) in [4.78, 5) is 40.0. The van der Waals surface area contributed by atoms with Gasteiger partial charge in [-0.05, 0) is 17.7 Å². The number of carbonyl (C=O) groups excluding carboxylic acids is 3. The average molecular weight is 459 g/mol. The zero-order valence-corrected chi connectivity index (χ0v) is 18.4. The molecule has 0 radical (unpaired) electrons. The number of hydrogen-bond acceptors (Lipinski definition) is 6. The van der Waals surface area contributed by atoms with Crippen LogP contribution < -0.4 is 0 Å². The molecule has 0 aliphatic carbocycles. The van der Waals surface area contributed by atoms with Gasteiger partial charge in [0.25, 0.3) is 11.8 Å². The van der Waals surface area contributed by atoms with Gasteiger partial charge in [0, 0.05) is 39.0 Å². The Hall–Kier alpha value is -1.74. The van der Waals surface area contributed by atoms with E-state index in [1.807, 2.05) is 0 Å². The molecule has 0 bridgehead atoms. The van der Waals surface area contributed by atoms with Crippen molar-refractivity contribution in [2.75, 3.05) is 26.5 Å². The van der Waals surface area contributed by atoms with E-state index in [9.17, 15) is 14.4 Å². The predicted octanol–water partition coefficient (Wildman–Crippen LogP) is 2.70. The number of halogens is 2. The van der Waals surface area contributed by atoms with E-state index >= 15 is 0 Å². The summed E-state index contributed by atoms with van der Waals surface area (Å²) in [6, 6.07) is 5.14. The molecule has 2 heterocycles. The first-order valence-electron chi connectivity index (χ1n) is 8.76. The molecule has 1 saturated heterocycles. The number of carbonyl (C=O) groups is 3. The topological polar surface area (TPSA) is 76.2 Å². The Morgan fingerprint density at radius 1 is 1.31 bits per heavy atom. The molecular formula is C19H20Cl2N2O5S. The van der Waals surface area contributed by atoms with Gasteiger partial charge in [-0.3, -0.25) is 19.3 Å². The van der Waals surface area contributed by atoms with Gasteiger partial charge in [-0.15, -0.1) is 11.8 Å². The third-order valence-corrected chi connectivity index (χ3v) is 6.71. The summed E-state index contributed by atoms with van der Waals surface area (Å²) in [5.41, 5.74) is 1.63. The molecule has 1 fully saturated rings. The van der Waals surface area contributed by atoms with Crippen molar-refractivity contribution in [1.82, 2.24) is 9.80 Å². The van der Waals surface area contributed by atoms with Crippen LogP contribution in [0.5, 0.6) is 0 Å². The number of methoxy groups -OCH3 is 1. The van der Waals surface area contributed by atoms with Crippen molar-refractivity contribution in [3.63, 3.8) is 0 Å². The number of benzene rings is 1. The SMILES string of the molecule is CO[C@H]1C(=O)N2C(C(=O)N(C)Cc3ccc(Cl)c(Cl)c3)=C(COC(C)=O)CS[C@H]12. The first kappa shape index (κ1) is 22.0. The molecule has 29 heavy (non-hydrogen) atoms. The molecule has 3 rings (SSSR count). The first-order valence-corrected chi connectivity index (χ1v) is 10.6. The second kappa shape index (κ2) is 8.95. The fourth-order valence-corrected chi connectivity index (χ4v) is 4.87. The molecule has 0 aromatic heterocycles. The van der Waals surface area contributed by atoms with Crippen LogP contribution in [0.3, 0.4) is 0 Å². The van der Waals surface area contributed by atoms with Gasteiger partial charge < -0.3 is 14.4 Å². The van der Waals surface area contributed by atoms with Crippen LogP contribution in [0.25, 0.3) is 0 Å². The van der Waals surface area contributed by atoms with Gasteiger partial charge in [-0.25, -0.2) is 0 Å². The Bertz CT molecular complexity index is 891. The lowest BCUT2D eigenvalue weighted by molar-refractivity contribution is -0.161. The van der Waals surface area contributed by atoms with Crippen molar-refractivity contribution in [2.45, 2.75) is 24.9 Å². The lowest BCUT2D eigenvalue weighted by Gasteiger charge is -2.49. The molecule has 2 atom stereocenters. The molecule has 1 aromatic carbocycles. The maximum Gasteiger partial charge on any atom is 0.302 e. The molecule has 156 valence electrons. The number of thioether (sulfide) groups is 1. The Balaban J connectivity index is 1.86. The number of esters is 1. The van der Waals surface area contributed by atoms with Gasteiger partial charge in [0.1, 0.15) is 17.7 Å². The molecule has 0 N–H and O–H groups in total. The summed E-state index contributed by atoms with van der Waals surface area (Å²) >= 11 is 13.5. The highest BCUT2D eigenvalue weighted by molar-refractivity contribution is 8.00. The van der Waals surface area contributed by atoms with E-state index in [0.717, 1.165) is 5.56 Å². The first-order chi connectivity index (χ1) is 13.7. The van der Waals surface area contributed by atoms with Crippen molar-refractivity contribution < 1.29 is 23.9 Å². The lowest BCUT2D eigenvalue weighted by atomic mass is 10.0. The fourth-order valence-electron chi connectivity index (χ4n) is 3.20. The van der Waals surface area contributed by atoms with Gasteiger partial charge >= 0.3 is 5.97 Å². The van der Waals surface area contributed by atoms with E-state index < -0.39 is 12.1 Å². The molecule has 0 spiro atoms. The Labute approximate surface area is 182 Å². The summed E-state index contributed by atoms with van der Waals surface area (Å²) in [6.45, 7) is 1.53. The highest BCUT2D eigenvalue weighted by atomic mass is 35.5. The van der Waals surface area contributed by atoms with E-state index in [2.05, 4.69) is 0 Å². The number of nitrogens with zero attached hydrogens (tertiary/aromatic N) is 2. The second-order valence-electron chi connectivity index (χ2n) is 6.71. The maximum absolute atomic E-state index is 13.3. The monoisotopic (exact) mass is 458 g/mol. The number of fused-ring (bicyclic) bond motifs is 1. The number of amides is 2. The van der Waals surface area contributed by atoms with E-state index in [-0.39, 0.29) is 36.0 Å². The highest BCUT2D eigenvalue weighted by Gasteiger charge is 2.54. The van der Waals surface area contributed by atoms with Crippen LogP contribution in [0.4, 0.5) is 0 Å². The van der Waals surface area contributed by atoms with Gasteiger partial charge in [0.2, 0.25) is 0 Å². The standard InChI is InChI=1S/C19H20Cl2N2O5S/c1-10(24)28-8-12-9-29-19-16(27-3)18(26)23(19)15(12)17(25)22(2)7-11-4-5-13(20)14(21)6-11/h4-6,16,19H,7-9H2,1-3H3/t16-,19+/m0/s1. The zero-order valence-electron chi connectivity index (χ0n) is 16.1. The predicted molar refractivity (Wildman–Crippen MR) is 110 cm³/mol. The minimum atomic E-state index is -0.585. The number of hydrogen-bond donors (Lipinski definition) is 0. The maximum atomic E-state index is 13.3. The minimum Gasteiger partial charge on any atom is -0.461 e.